The minimum Gasteiger partial charge on any atom is -0.385 e. The molecule has 2 aromatic heterocycles. The summed E-state index contributed by atoms with van der Waals surface area (Å²) in [7, 11) is 0. The van der Waals surface area contributed by atoms with Crippen LogP contribution < -0.4 is 11.5 Å². The maximum atomic E-state index is 5.65. The van der Waals surface area contributed by atoms with Crippen molar-refractivity contribution in [2.75, 3.05) is 11.5 Å². The molecule has 0 aliphatic carbocycles. The fourth-order valence-electron chi connectivity index (χ4n) is 1.32. The average Bonchev–Trinajstić information content (AvgIpc) is 2.38. The highest BCUT2D eigenvalue weighted by molar-refractivity contribution is 5.94. The molecule has 4 nitrogen and oxygen atoms in total. The summed E-state index contributed by atoms with van der Waals surface area (Å²) in [5.41, 5.74) is 13.1. The predicted molar refractivity (Wildman–Crippen MR) is 46.2 cm³/mol. The minimum atomic E-state index is 0.647. The van der Waals surface area contributed by atoms with E-state index in [4.69, 9.17) is 11.5 Å². The van der Waals surface area contributed by atoms with Gasteiger partial charge in [0, 0.05) is 11.1 Å². The normalized spacial score (nSPS) is 11.0. The van der Waals surface area contributed by atoms with Gasteiger partial charge in [-0.3, -0.25) is 0 Å². The molecule has 0 aliphatic heterocycles. The molecule has 0 saturated heterocycles. The van der Waals surface area contributed by atoms with E-state index in [2.05, 4.69) is 9.97 Å². The molecule has 11 heavy (non-hydrogen) atoms. The van der Waals surface area contributed by atoms with Gasteiger partial charge < -0.3 is 21.4 Å². The highest BCUT2D eigenvalue weighted by atomic mass is 14.9. The summed E-state index contributed by atoms with van der Waals surface area (Å²) >= 11 is 0. The van der Waals surface area contributed by atoms with Gasteiger partial charge in [-0.05, 0) is 13.0 Å². The third kappa shape index (κ3) is 0.690. The minimum absolute atomic E-state index is 0.647. The van der Waals surface area contributed by atoms with Gasteiger partial charge in [-0.15, -0.1) is 0 Å². The molecule has 0 bridgehead atoms. The molecule has 2 aromatic rings. The molecular weight excluding hydrogens is 140 g/mol. The molecule has 0 atom stereocenters. The van der Waals surface area contributed by atoms with E-state index in [0.29, 0.717) is 11.6 Å². The van der Waals surface area contributed by atoms with Gasteiger partial charge >= 0.3 is 0 Å². The molecule has 0 aromatic carbocycles. The maximum Gasteiger partial charge on any atom is 0.125 e. The molecule has 4 heteroatoms. The first-order chi connectivity index (χ1) is 5.18. The lowest BCUT2D eigenvalue weighted by atomic mass is 10.3. The number of fused-ring (bicyclic) bond motifs is 1. The summed E-state index contributed by atoms with van der Waals surface area (Å²) < 4.78 is 0. The van der Waals surface area contributed by atoms with Crippen LogP contribution in [0.25, 0.3) is 10.9 Å². The lowest BCUT2D eigenvalue weighted by Crippen LogP contribution is -1.87. The van der Waals surface area contributed by atoms with Gasteiger partial charge in [0.25, 0.3) is 0 Å². The molecule has 0 unspecified atom stereocenters. The zero-order valence-corrected chi connectivity index (χ0v) is 6.23. The van der Waals surface area contributed by atoms with Crippen molar-refractivity contribution in [3.05, 3.63) is 11.8 Å². The molecule has 58 valence electrons. The summed E-state index contributed by atoms with van der Waals surface area (Å²) in [5.74, 6) is 1.30. The predicted octanol–water partition coefficient (Wildman–Crippen LogP) is 0.969. The zero-order chi connectivity index (χ0) is 8.01. The van der Waals surface area contributed by atoms with Crippen LogP contribution in [0.5, 0.6) is 0 Å². The Bertz CT molecular complexity index is 361. The van der Waals surface area contributed by atoms with Crippen molar-refractivity contribution in [1.82, 2.24) is 9.97 Å². The number of nitrogens with two attached hydrogens (primary N) is 2. The van der Waals surface area contributed by atoms with Crippen LogP contribution in [0.1, 0.15) is 5.69 Å². The standard InChI is InChI=1S/C7H10N4/c1-3-4-2-5(8)11-6(4)7(9)10-3/h2,10-11H,8-9H2,1H3. The van der Waals surface area contributed by atoms with Crippen LogP contribution in [0.4, 0.5) is 11.6 Å². The number of aromatic amines is 2. The number of nitrogen functional groups attached to an aromatic ring is 2. The number of nitrogens with one attached hydrogen (secondary N) is 2. The van der Waals surface area contributed by atoms with Crippen LogP contribution in [0.3, 0.4) is 0 Å². The Morgan fingerprint density at radius 1 is 1.27 bits per heavy atom. The first-order valence-electron chi connectivity index (χ1n) is 3.40. The number of anilines is 2. The first kappa shape index (κ1) is 6.15. The highest BCUT2D eigenvalue weighted by Gasteiger charge is 2.06. The monoisotopic (exact) mass is 150 g/mol. The molecule has 2 heterocycles. The van der Waals surface area contributed by atoms with Crippen molar-refractivity contribution >= 4 is 22.5 Å². The van der Waals surface area contributed by atoms with E-state index in [9.17, 15) is 0 Å². The Labute approximate surface area is 63.6 Å². The fraction of sp³-hybridized carbons (Fsp3) is 0.143. The maximum absolute atomic E-state index is 5.65. The quantitative estimate of drug-likeness (QED) is 0.451. The van der Waals surface area contributed by atoms with E-state index < -0.39 is 0 Å². The largest absolute Gasteiger partial charge is 0.385 e. The van der Waals surface area contributed by atoms with Crippen molar-refractivity contribution in [2.24, 2.45) is 0 Å². The second-order valence-corrected chi connectivity index (χ2v) is 2.68. The van der Waals surface area contributed by atoms with Gasteiger partial charge in [-0.25, -0.2) is 0 Å². The number of H-pyrrole nitrogens is 2. The number of aryl methyl sites for hydroxylation is 1. The molecule has 0 fully saturated rings. The van der Waals surface area contributed by atoms with Crippen LogP contribution in [-0.4, -0.2) is 9.97 Å². The van der Waals surface area contributed by atoms with E-state index >= 15 is 0 Å². The number of hydrogen-bond donors (Lipinski definition) is 4. The van der Waals surface area contributed by atoms with Gasteiger partial charge in [-0.2, -0.15) is 0 Å². The van der Waals surface area contributed by atoms with E-state index in [1.165, 1.54) is 0 Å². The van der Waals surface area contributed by atoms with Crippen LogP contribution >= 0.6 is 0 Å². The lowest BCUT2D eigenvalue weighted by Gasteiger charge is -1.85. The lowest BCUT2D eigenvalue weighted by molar-refractivity contribution is 1.28. The van der Waals surface area contributed by atoms with E-state index in [-0.39, 0.29) is 0 Å². The van der Waals surface area contributed by atoms with Crippen LogP contribution in [-0.2, 0) is 0 Å². The average molecular weight is 150 g/mol. The van der Waals surface area contributed by atoms with Gasteiger partial charge in [0.15, 0.2) is 0 Å². The Hall–Kier alpha value is -1.58. The Morgan fingerprint density at radius 3 is 2.64 bits per heavy atom. The fourth-order valence-corrected chi connectivity index (χ4v) is 1.32. The molecular formula is C7H10N4. The molecule has 0 amide bonds. The molecule has 0 radical (unpaired) electrons. The van der Waals surface area contributed by atoms with Gasteiger partial charge in [0.2, 0.25) is 0 Å². The summed E-state index contributed by atoms with van der Waals surface area (Å²) in [5, 5.41) is 1.07. The Balaban J connectivity index is 2.92. The van der Waals surface area contributed by atoms with Gasteiger partial charge in [0.1, 0.15) is 11.6 Å². The summed E-state index contributed by atoms with van der Waals surface area (Å²) in [6.45, 7) is 1.96. The Morgan fingerprint density at radius 2 is 2.00 bits per heavy atom. The third-order valence-corrected chi connectivity index (χ3v) is 1.83. The van der Waals surface area contributed by atoms with Crippen molar-refractivity contribution in [2.45, 2.75) is 6.92 Å². The first-order valence-corrected chi connectivity index (χ1v) is 3.40. The molecule has 0 spiro atoms. The number of hydrogen-bond acceptors (Lipinski definition) is 2. The van der Waals surface area contributed by atoms with Crippen LogP contribution in [0.15, 0.2) is 6.07 Å². The van der Waals surface area contributed by atoms with Crippen LogP contribution in [0, 0.1) is 6.92 Å². The smallest absolute Gasteiger partial charge is 0.125 e. The SMILES string of the molecule is Cc1[nH]c(N)c2[nH]c(N)cc12. The third-order valence-electron chi connectivity index (χ3n) is 1.83. The topological polar surface area (TPSA) is 83.6 Å². The van der Waals surface area contributed by atoms with Crippen molar-refractivity contribution in [1.29, 1.82) is 0 Å². The van der Waals surface area contributed by atoms with Gasteiger partial charge in [-0.1, -0.05) is 0 Å². The van der Waals surface area contributed by atoms with E-state index in [0.717, 1.165) is 16.6 Å². The highest BCUT2D eigenvalue weighted by Crippen LogP contribution is 2.24. The molecule has 0 aliphatic rings. The number of aromatic nitrogens is 2. The summed E-state index contributed by atoms with van der Waals surface area (Å²) in [6.07, 6.45) is 0. The van der Waals surface area contributed by atoms with Gasteiger partial charge in [0.05, 0.1) is 5.52 Å². The molecule has 2 rings (SSSR count). The van der Waals surface area contributed by atoms with E-state index in [1.54, 1.807) is 0 Å². The van der Waals surface area contributed by atoms with Crippen molar-refractivity contribution in [3.63, 3.8) is 0 Å². The molecule has 6 N–H and O–H groups in total. The summed E-state index contributed by atoms with van der Waals surface area (Å²) in [4.78, 5) is 5.98. The summed E-state index contributed by atoms with van der Waals surface area (Å²) in [6, 6.07) is 1.87. The molecule has 0 saturated carbocycles. The Kier molecular flexibility index (Phi) is 0.961. The zero-order valence-electron chi connectivity index (χ0n) is 6.23. The number of rotatable bonds is 0. The second-order valence-electron chi connectivity index (χ2n) is 2.68. The van der Waals surface area contributed by atoms with Crippen LogP contribution in [0.2, 0.25) is 0 Å². The van der Waals surface area contributed by atoms with Crippen molar-refractivity contribution in [3.8, 4) is 0 Å². The van der Waals surface area contributed by atoms with Crippen molar-refractivity contribution < 1.29 is 0 Å². The second kappa shape index (κ2) is 1.72. The van der Waals surface area contributed by atoms with E-state index in [1.807, 2.05) is 13.0 Å².